The Kier molecular flexibility index (Phi) is 4.50. The van der Waals surface area contributed by atoms with E-state index in [1.54, 1.807) is 18.6 Å². The van der Waals surface area contributed by atoms with Crippen LogP contribution in [-0.2, 0) is 0 Å². The highest BCUT2D eigenvalue weighted by Gasteiger charge is 2.23. The molecule has 1 atom stereocenters. The van der Waals surface area contributed by atoms with Gasteiger partial charge in [-0.15, -0.1) is 0 Å². The fourth-order valence-corrected chi connectivity index (χ4v) is 2.64. The van der Waals surface area contributed by atoms with Crippen molar-refractivity contribution in [1.82, 2.24) is 14.9 Å². The van der Waals surface area contributed by atoms with Gasteiger partial charge in [0.2, 0.25) is 0 Å². The summed E-state index contributed by atoms with van der Waals surface area (Å²) >= 11 is 0. The number of hydrogen-bond donors (Lipinski definition) is 2. The van der Waals surface area contributed by atoms with E-state index in [0.29, 0.717) is 0 Å². The molecule has 1 aromatic carbocycles. The molecule has 2 N–H and O–H groups in total. The van der Waals surface area contributed by atoms with Crippen molar-refractivity contribution in [2.45, 2.75) is 6.04 Å². The molecule has 2 heterocycles. The summed E-state index contributed by atoms with van der Waals surface area (Å²) in [5.41, 5.74) is 2.16. The van der Waals surface area contributed by atoms with Crippen LogP contribution in [0.5, 0.6) is 0 Å². The summed E-state index contributed by atoms with van der Waals surface area (Å²) in [4.78, 5) is 12.8. The Morgan fingerprint density at radius 1 is 1.23 bits per heavy atom. The van der Waals surface area contributed by atoms with Gasteiger partial charge in [0.1, 0.15) is 5.82 Å². The smallest absolute Gasteiger partial charge is 0.148 e. The van der Waals surface area contributed by atoms with Gasteiger partial charge in [0.15, 0.2) is 0 Å². The monoisotopic (exact) mass is 299 g/mol. The molecular weight excluding hydrogens is 278 g/mol. The van der Waals surface area contributed by atoms with E-state index in [0.717, 1.165) is 31.1 Å². The van der Waals surface area contributed by atoms with Crippen molar-refractivity contribution in [1.29, 1.82) is 0 Å². The van der Waals surface area contributed by atoms with Crippen molar-refractivity contribution in [3.8, 4) is 0 Å². The number of piperazine rings is 1. The summed E-state index contributed by atoms with van der Waals surface area (Å²) in [6.07, 6.45) is 5.01. The predicted octanol–water partition coefficient (Wildman–Crippen LogP) is 1.33. The van der Waals surface area contributed by atoms with E-state index < -0.39 is 0 Å². The van der Waals surface area contributed by atoms with Crippen LogP contribution < -0.4 is 10.2 Å². The molecule has 0 aliphatic carbocycles. The summed E-state index contributed by atoms with van der Waals surface area (Å²) in [6.45, 7) is 2.98. The maximum atomic E-state index is 9.44. The van der Waals surface area contributed by atoms with Crippen molar-refractivity contribution in [2.24, 2.45) is 0 Å². The summed E-state index contributed by atoms with van der Waals surface area (Å²) < 4.78 is 0. The van der Waals surface area contributed by atoms with Crippen LogP contribution >= 0.6 is 0 Å². The van der Waals surface area contributed by atoms with Gasteiger partial charge >= 0.3 is 0 Å². The van der Waals surface area contributed by atoms with E-state index in [-0.39, 0.29) is 12.6 Å². The first-order chi connectivity index (χ1) is 10.8. The molecule has 2 aromatic rings. The van der Waals surface area contributed by atoms with E-state index in [2.05, 4.69) is 44.3 Å². The van der Waals surface area contributed by atoms with Gasteiger partial charge < -0.3 is 15.3 Å². The van der Waals surface area contributed by atoms with Gasteiger partial charge in [0.25, 0.3) is 0 Å². The van der Waals surface area contributed by atoms with Crippen LogP contribution in [0.1, 0.15) is 0 Å². The molecule has 116 valence electrons. The Labute approximate surface area is 130 Å². The number of aliphatic hydroxyl groups excluding tert-OH is 1. The van der Waals surface area contributed by atoms with Crippen LogP contribution in [0.3, 0.4) is 0 Å². The number of anilines is 3. The Balaban J connectivity index is 1.66. The number of aliphatic hydroxyl groups is 1. The van der Waals surface area contributed by atoms with Crippen LogP contribution in [0.25, 0.3) is 0 Å². The van der Waals surface area contributed by atoms with E-state index in [9.17, 15) is 5.11 Å². The minimum Gasteiger partial charge on any atom is -0.395 e. The third-order valence-electron chi connectivity index (χ3n) is 4.06. The maximum Gasteiger partial charge on any atom is 0.148 e. The molecule has 0 amide bonds. The van der Waals surface area contributed by atoms with E-state index >= 15 is 0 Å². The molecule has 22 heavy (non-hydrogen) atoms. The molecule has 6 nitrogen and oxygen atoms in total. The summed E-state index contributed by atoms with van der Waals surface area (Å²) in [5, 5.41) is 12.7. The van der Waals surface area contributed by atoms with Crippen molar-refractivity contribution in [3.63, 3.8) is 0 Å². The Morgan fingerprint density at radius 2 is 2.05 bits per heavy atom. The number of likely N-dealkylation sites (N-methyl/N-ethyl adjacent to an activating group) is 1. The molecule has 3 rings (SSSR count). The minimum absolute atomic E-state index is 0.194. The van der Waals surface area contributed by atoms with Gasteiger partial charge in [-0.05, 0) is 31.3 Å². The summed E-state index contributed by atoms with van der Waals surface area (Å²) in [5.74, 6) is 0.732. The number of benzene rings is 1. The zero-order chi connectivity index (χ0) is 15.4. The standard InChI is InChI=1S/C16H21N5O/c1-20-8-9-21(11-15(20)12-22)14-4-2-13(3-5-14)19-16-10-17-6-7-18-16/h2-7,10,15,22H,8-9,11-12H2,1H3,(H,18,19)/t15-/m0/s1. The molecule has 0 radical (unpaired) electrons. The van der Waals surface area contributed by atoms with Crippen LogP contribution in [0.15, 0.2) is 42.9 Å². The lowest BCUT2D eigenvalue weighted by Gasteiger charge is -2.39. The molecular formula is C16H21N5O. The zero-order valence-electron chi connectivity index (χ0n) is 12.7. The molecule has 1 aliphatic rings. The van der Waals surface area contributed by atoms with Crippen molar-refractivity contribution < 1.29 is 5.11 Å². The third kappa shape index (κ3) is 3.35. The van der Waals surface area contributed by atoms with Crippen molar-refractivity contribution in [2.75, 3.05) is 43.5 Å². The van der Waals surface area contributed by atoms with Crippen LogP contribution in [0.2, 0.25) is 0 Å². The molecule has 0 spiro atoms. The Morgan fingerprint density at radius 3 is 2.73 bits per heavy atom. The van der Waals surface area contributed by atoms with Gasteiger partial charge in [-0.2, -0.15) is 0 Å². The van der Waals surface area contributed by atoms with E-state index in [4.69, 9.17) is 0 Å². The highest BCUT2D eigenvalue weighted by molar-refractivity contribution is 5.60. The number of hydrogen-bond acceptors (Lipinski definition) is 6. The normalized spacial score (nSPS) is 19.2. The first-order valence-electron chi connectivity index (χ1n) is 7.45. The lowest BCUT2D eigenvalue weighted by atomic mass is 10.1. The summed E-state index contributed by atoms with van der Waals surface area (Å²) in [7, 11) is 2.06. The second-order valence-electron chi connectivity index (χ2n) is 5.53. The number of rotatable bonds is 4. The molecule has 6 heteroatoms. The average molecular weight is 299 g/mol. The van der Waals surface area contributed by atoms with Crippen molar-refractivity contribution >= 4 is 17.2 Å². The molecule has 0 unspecified atom stereocenters. The van der Waals surface area contributed by atoms with Crippen LogP contribution in [-0.4, -0.2) is 59.3 Å². The fourth-order valence-electron chi connectivity index (χ4n) is 2.64. The van der Waals surface area contributed by atoms with Crippen molar-refractivity contribution in [3.05, 3.63) is 42.9 Å². The Hall–Kier alpha value is -2.18. The largest absolute Gasteiger partial charge is 0.395 e. The summed E-state index contributed by atoms with van der Waals surface area (Å²) in [6, 6.07) is 8.47. The minimum atomic E-state index is 0.194. The van der Waals surface area contributed by atoms with Gasteiger partial charge in [-0.1, -0.05) is 0 Å². The lowest BCUT2D eigenvalue weighted by Crippen LogP contribution is -2.53. The topological polar surface area (TPSA) is 64.5 Å². The number of nitrogens with one attached hydrogen (secondary N) is 1. The zero-order valence-corrected chi connectivity index (χ0v) is 12.7. The second-order valence-corrected chi connectivity index (χ2v) is 5.53. The highest BCUT2D eigenvalue weighted by atomic mass is 16.3. The fraction of sp³-hybridized carbons (Fsp3) is 0.375. The number of nitrogens with zero attached hydrogens (tertiary/aromatic N) is 4. The molecule has 0 bridgehead atoms. The molecule has 0 saturated carbocycles. The van der Waals surface area contributed by atoms with Gasteiger partial charge in [0, 0.05) is 43.4 Å². The van der Waals surface area contributed by atoms with Crippen LogP contribution in [0, 0.1) is 0 Å². The highest BCUT2D eigenvalue weighted by Crippen LogP contribution is 2.22. The first kappa shape index (κ1) is 14.7. The molecule has 1 aliphatic heterocycles. The quantitative estimate of drug-likeness (QED) is 0.888. The maximum absolute atomic E-state index is 9.44. The van der Waals surface area contributed by atoms with E-state index in [1.807, 2.05) is 12.1 Å². The molecule has 1 fully saturated rings. The first-order valence-corrected chi connectivity index (χ1v) is 7.45. The SMILES string of the molecule is CN1CCN(c2ccc(Nc3cnccn3)cc2)C[C@H]1CO. The second kappa shape index (κ2) is 6.72. The van der Waals surface area contributed by atoms with Gasteiger partial charge in [-0.3, -0.25) is 9.88 Å². The van der Waals surface area contributed by atoms with E-state index in [1.165, 1.54) is 5.69 Å². The van der Waals surface area contributed by atoms with Crippen LogP contribution in [0.4, 0.5) is 17.2 Å². The molecule has 1 saturated heterocycles. The number of aromatic nitrogens is 2. The van der Waals surface area contributed by atoms with Gasteiger partial charge in [0.05, 0.1) is 18.8 Å². The van der Waals surface area contributed by atoms with Gasteiger partial charge in [-0.25, -0.2) is 4.98 Å². The lowest BCUT2D eigenvalue weighted by molar-refractivity contribution is 0.135. The average Bonchev–Trinajstić information content (AvgIpc) is 2.57. The third-order valence-corrected chi connectivity index (χ3v) is 4.06. The Bertz CT molecular complexity index is 589. The predicted molar refractivity (Wildman–Crippen MR) is 87.5 cm³/mol. The molecule has 1 aromatic heterocycles.